The zero-order valence-electron chi connectivity index (χ0n) is 12.2. The van der Waals surface area contributed by atoms with Gasteiger partial charge in [-0.3, -0.25) is 0 Å². The Hall–Kier alpha value is -0.149. The van der Waals surface area contributed by atoms with Gasteiger partial charge in [-0.2, -0.15) is 0 Å². The third-order valence-corrected chi connectivity index (χ3v) is 26.9. The van der Waals surface area contributed by atoms with E-state index in [1.807, 2.05) is 0 Å². The fourth-order valence-corrected chi connectivity index (χ4v) is 21.8. The Balaban J connectivity index is 2.52. The van der Waals surface area contributed by atoms with Crippen LogP contribution < -0.4 is 4.22 Å². The van der Waals surface area contributed by atoms with Crippen molar-refractivity contribution in [3.8, 4) is 0 Å². The van der Waals surface area contributed by atoms with E-state index in [2.05, 4.69) is 70.3 Å². The van der Waals surface area contributed by atoms with Crippen LogP contribution in [0.3, 0.4) is 0 Å². The van der Waals surface area contributed by atoms with Crippen LogP contribution in [-0.2, 0) is 16.1 Å². The summed E-state index contributed by atoms with van der Waals surface area (Å²) in [6.45, 7) is 11.2. The maximum atomic E-state index is 7.14. The maximum absolute atomic E-state index is 7.14. The van der Waals surface area contributed by atoms with Crippen molar-refractivity contribution in [3.63, 3.8) is 0 Å². The molecule has 1 aliphatic rings. The van der Waals surface area contributed by atoms with E-state index in [4.69, 9.17) is 4.22 Å². The van der Waals surface area contributed by atoms with Gasteiger partial charge in [0.1, 0.15) is 0 Å². The molecule has 98 valence electrons. The zero-order valence-corrected chi connectivity index (χ0v) is 14.9. The van der Waals surface area contributed by atoms with E-state index in [0.717, 1.165) is 0 Å². The van der Waals surface area contributed by atoms with E-state index in [9.17, 15) is 0 Å². The number of hydrogen-bond donors (Lipinski definition) is 1. The van der Waals surface area contributed by atoms with Gasteiger partial charge >= 0.3 is 116 Å². The van der Waals surface area contributed by atoms with Gasteiger partial charge in [-0.05, 0) is 0 Å². The molecular formula is C15H25NSiTi. The van der Waals surface area contributed by atoms with Crippen molar-refractivity contribution in [2.24, 2.45) is 4.22 Å². The second-order valence-corrected chi connectivity index (χ2v) is 24.7. The van der Waals surface area contributed by atoms with E-state index in [-0.39, 0.29) is 0 Å². The fraction of sp³-hybridized carbons (Fsp3) is 0.467. The van der Waals surface area contributed by atoms with Gasteiger partial charge in [-0.1, -0.05) is 0 Å². The average Bonchev–Trinajstić information content (AvgIpc) is 2.70. The summed E-state index contributed by atoms with van der Waals surface area (Å²) in [5.74, 6) is 0. The van der Waals surface area contributed by atoms with Crippen LogP contribution >= 0.6 is 0 Å². The van der Waals surface area contributed by atoms with Crippen LogP contribution in [0.5, 0.6) is 0 Å². The molecule has 1 aromatic carbocycles. The van der Waals surface area contributed by atoms with Crippen molar-refractivity contribution in [2.75, 3.05) is 0 Å². The molecule has 2 rings (SSSR count). The van der Waals surface area contributed by atoms with E-state index in [1.54, 1.807) is 0 Å². The molecule has 0 aliphatic heterocycles. The van der Waals surface area contributed by atoms with Crippen molar-refractivity contribution in [1.29, 1.82) is 0 Å². The molecule has 0 bridgehead atoms. The summed E-state index contributed by atoms with van der Waals surface area (Å²) in [4.78, 5) is 0. The number of fused-ring (bicyclic) bond motifs is 1. The molecule has 2 atom stereocenters. The number of allylic oxidation sites excluding steroid dienone is 1. The van der Waals surface area contributed by atoms with Crippen LogP contribution in [-0.4, -0.2) is 6.66 Å². The van der Waals surface area contributed by atoms with Crippen LogP contribution in [0.2, 0.25) is 16.8 Å². The van der Waals surface area contributed by atoms with Gasteiger partial charge in [0.2, 0.25) is 0 Å². The summed E-state index contributed by atoms with van der Waals surface area (Å²) in [7, 11) is 0. The van der Waals surface area contributed by atoms with Crippen molar-refractivity contribution in [3.05, 3.63) is 41.5 Å². The van der Waals surface area contributed by atoms with E-state index >= 15 is 0 Å². The predicted octanol–water partition coefficient (Wildman–Crippen LogP) is 3.98. The molecular weight excluding hydrogens is 270 g/mol. The second-order valence-electron chi connectivity index (χ2n) is 6.80. The monoisotopic (exact) mass is 295 g/mol. The van der Waals surface area contributed by atoms with E-state index in [1.165, 1.54) is 11.1 Å². The average molecular weight is 295 g/mol. The Labute approximate surface area is 116 Å². The van der Waals surface area contributed by atoms with Crippen LogP contribution in [0.15, 0.2) is 30.3 Å². The number of nitrogens with two attached hydrogens (primary N) is 1. The summed E-state index contributed by atoms with van der Waals surface area (Å²) in [5.41, 5.74) is 2.89. The first-order valence-electron chi connectivity index (χ1n) is 6.84. The molecule has 2 unspecified atom stereocenters. The first-order chi connectivity index (χ1) is 8.28. The molecule has 0 spiro atoms. The third-order valence-electron chi connectivity index (χ3n) is 4.57. The molecule has 1 aliphatic carbocycles. The van der Waals surface area contributed by atoms with E-state index in [0.29, 0.717) is 7.94 Å². The first kappa shape index (κ1) is 14.3. The summed E-state index contributed by atoms with van der Waals surface area (Å²) >= 11 is -2.39. The van der Waals surface area contributed by atoms with Gasteiger partial charge < -0.3 is 0 Å². The molecule has 3 heteroatoms. The summed E-state index contributed by atoms with van der Waals surface area (Å²) < 4.78 is 8.01. The van der Waals surface area contributed by atoms with Crippen LogP contribution in [0.25, 0.3) is 6.08 Å². The molecule has 0 saturated carbocycles. The Morgan fingerprint density at radius 1 is 1.17 bits per heavy atom. The molecule has 1 nitrogen and oxygen atoms in total. The molecule has 0 radical (unpaired) electrons. The summed E-state index contributed by atoms with van der Waals surface area (Å²) in [6.07, 6.45) is 4.69. The Morgan fingerprint density at radius 3 is 2.33 bits per heavy atom. The first-order valence-corrected chi connectivity index (χ1v) is 15.0. The zero-order chi connectivity index (χ0) is 13.6. The Bertz CT molecular complexity index is 476. The van der Waals surface area contributed by atoms with E-state index < -0.39 is 22.8 Å². The van der Waals surface area contributed by atoms with Gasteiger partial charge in [0.15, 0.2) is 0 Å². The molecule has 2 N–H and O–H groups in total. The number of rotatable bonds is 2. The molecule has 0 saturated heterocycles. The number of benzene rings is 1. The van der Waals surface area contributed by atoms with Gasteiger partial charge in [0, 0.05) is 0 Å². The Kier molecular flexibility index (Phi) is 3.77. The molecule has 1 aromatic rings. The van der Waals surface area contributed by atoms with Crippen molar-refractivity contribution in [2.45, 2.75) is 41.8 Å². The molecule has 0 aromatic heterocycles. The normalized spacial score (nSPS) is 22.1. The fourth-order valence-electron chi connectivity index (χ4n) is 3.36. The van der Waals surface area contributed by atoms with Gasteiger partial charge in [0.05, 0.1) is 0 Å². The topological polar surface area (TPSA) is 26.0 Å². The van der Waals surface area contributed by atoms with Gasteiger partial charge in [-0.25, -0.2) is 0 Å². The molecule has 18 heavy (non-hydrogen) atoms. The number of hydrogen-bond acceptors (Lipinski definition) is 1. The third kappa shape index (κ3) is 2.09. The minimum absolute atomic E-state index is 0.312. The van der Waals surface area contributed by atoms with Gasteiger partial charge in [0.25, 0.3) is 0 Å². The van der Waals surface area contributed by atoms with Crippen LogP contribution in [0, 0.1) is 0 Å². The van der Waals surface area contributed by atoms with Crippen LogP contribution in [0.1, 0.15) is 36.1 Å². The minimum atomic E-state index is -2.39. The second kappa shape index (κ2) is 4.75. The molecule has 0 amide bonds. The Morgan fingerprint density at radius 2 is 1.78 bits per heavy atom. The van der Waals surface area contributed by atoms with Crippen molar-refractivity contribution >= 4 is 12.7 Å². The summed E-state index contributed by atoms with van der Waals surface area (Å²) in [5, 5.41) is 0. The standard InChI is InChI=1S/C9H7.C4H9.C2H7Si.H2N.Ti/c1-2-5-9-7-3-6-8(9)4-1;1-4(2)3;1-3-2;;/h1-7H;1-3H3;3H,1-2H3;1H2;/q;;;-1;+1. The predicted molar refractivity (Wildman–Crippen MR) is 81.0 cm³/mol. The quantitative estimate of drug-likeness (QED) is 0.820. The van der Waals surface area contributed by atoms with Crippen molar-refractivity contribution in [1.82, 2.24) is 0 Å². The van der Waals surface area contributed by atoms with Crippen LogP contribution in [0.4, 0.5) is 0 Å². The molecule has 0 fully saturated rings. The van der Waals surface area contributed by atoms with Gasteiger partial charge in [-0.15, -0.1) is 0 Å². The SMILES string of the molecule is C[SiH](C)[Ti]([NH2])([CH]1C=Cc2ccccc21)[C](C)(C)C. The van der Waals surface area contributed by atoms with Crippen molar-refractivity contribution < 1.29 is 16.1 Å². The molecule has 0 heterocycles. The summed E-state index contributed by atoms with van der Waals surface area (Å²) in [6, 6.07) is 8.79.